The van der Waals surface area contributed by atoms with Crippen LogP contribution in [0.1, 0.15) is 27.2 Å². The molecule has 5 heteroatoms. The van der Waals surface area contributed by atoms with Gasteiger partial charge in [-0.1, -0.05) is 0 Å². The van der Waals surface area contributed by atoms with Crippen molar-refractivity contribution in [1.29, 1.82) is 0 Å². The van der Waals surface area contributed by atoms with Crippen molar-refractivity contribution in [3.8, 4) is 0 Å². The number of aliphatic hydroxyl groups is 1. The molecule has 1 saturated heterocycles. The predicted octanol–water partition coefficient (Wildman–Crippen LogP) is 1.25. The highest BCUT2D eigenvalue weighted by Gasteiger charge is 2.33. The molecule has 5 nitrogen and oxygen atoms in total. The number of rotatable bonds is 3. The number of ether oxygens (including phenoxy) is 2. The third-order valence-corrected chi connectivity index (χ3v) is 2.76. The van der Waals surface area contributed by atoms with Crippen molar-refractivity contribution in [2.75, 3.05) is 26.8 Å². The number of methoxy groups -OCH3 is 1. The van der Waals surface area contributed by atoms with Crippen molar-refractivity contribution in [3.63, 3.8) is 0 Å². The first-order chi connectivity index (χ1) is 7.83. The molecule has 17 heavy (non-hydrogen) atoms. The van der Waals surface area contributed by atoms with Crippen LogP contribution in [-0.4, -0.2) is 54.6 Å². The minimum absolute atomic E-state index is 0.0856. The van der Waals surface area contributed by atoms with Crippen LogP contribution in [0, 0.1) is 5.92 Å². The van der Waals surface area contributed by atoms with Crippen molar-refractivity contribution < 1.29 is 19.4 Å². The lowest BCUT2D eigenvalue weighted by Crippen LogP contribution is -2.36. The molecular formula is C12H23NO4. The number of hydrogen-bond donors (Lipinski definition) is 1. The molecule has 1 aliphatic rings. The SMILES string of the molecule is COC[C@@H](O)C1CCN(C(=O)OC(C)(C)C)C1. The Morgan fingerprint density at radius 1 is 1.53 bits per heavy atom. The monoisotopic (exact) mass is 245 g/mol. The molecule has 0 bridgehead atoms. The van der Waals surface area contributed by atoms with Gasteiger partial charge in [0.15, 0.2) is 0 Å². The molecule has 1 heterocycles. The Morgan fingerprint density at radius 3 is 2.71 bits per heavy atom. The van der Waals surface area contributed by atoms with E-state index in [0.29, 0.717) is 19.7 Å². The van der Waals surface area contributed by atoms with Gasteiger partial charge in [-0.2, -0.15) is 0 Å². The summed E-state index contributed by atoms with van der Waals surface area (Å²) < 4.78 is 10.2. The zero-order chi connectivity index (χ0) is 13.1. The molecule has 1 fully saturated rings. The fraction of sp³-hybridized carbons (Fsp3) is 0.917. The lowest BCUT2D eigenvalue weighted by Gasteiger charge is -2.25. The largest absolute Gasteiger partial charge is 0.444 e. The number of carbonyl (C=O) groups excluding carboxylic acids is 1. The van der Waals surface area contributed by atoms with Gasteiger partial charge in [-0.15, -0.1) is 0 Å². The topological polar surface area (TPSA) is 59.0 Å². The van der Waals surface area contributed by atoms with Crippen molar-refractivity contribution in [2.45, 2.75) is 38.9 Å². The molecule has 100 valence electrons. The van der Waals surface area contributed by atoms with E-state index in [9.17, 15) is 9.90 Å². The number of nitrogens with zero attached hydrogens (tertiary/aromatic N) is 1. The Kier molecular flexibility index (Phi) is 4.77. The summed E-state index contributed by atoms with van der Waals surface area (Å²) in [6.07, 6.45) is -0.0129. The van der Waals surface area contributed by atoms with Gasteiger partial charge < -0.3 is 19.5 Å². The fourth-order valence-corrected chi connectivity index (χ4v) is 1.90. The summed E-state index contributed by atoms with van der Waals surface area (Å²) in [5, 5.41) is 9.78. The maximum absolute atomic E-state index is 11.8. The molecule has 1 aliphatic heterocycles. The summed E-state index contributed by atoms with van der Waals surface area (Å²) >= 11 is 0. The van der Waals surface area contributed by atoms with Crippen LogP contribution in [0.15, 0.2) is 0 Å². The van der Waals surface area contributed by atoms with Crippen molar-refractivity contribution in [3.05, 3.63) is 0 Å². The Hall–Kier alpha value is -0.810. The van der Waals surface area contributed by atoms with E-state index < -0.39 is 11.7 Å². The van der Waals surface area contributed by atoms with Crippen LogP contribution in [0.5, 0.6) is 0 Å². The summed E-state index contributed by atoms with van der Waals surface area (Å²) in [6, 6.07) is 0. The molecule has 0 spiro atoms. The fourth-order valence-electron chi connectivity index (χ4n) is 1.90. The molecular weight excluding hydrogens is 222 g/mol. The Morgan fingerprint density at radius 2 is 2.18 bits per heavy atom. The first-order valence-electron chi connectivity index (χ1n) is 5.98. The lowest BCUT2D eigenvalue weighted by atomic mass is 10.0. The average molecular weight is 245 g/mol. The first-order valence-corrected chi connectivity index (χ1v) is 5.98. The average Bonchev–Trinajstić information content (AvgIpc) is 2.63. The van der Waals surface area contributed by atoms with E-state index in [1.165, 1.54) is 0 Å². The number of carbonyl (C=O) groups is 1. The van der Waals surface area contributed by atoms with Crippen molar-refractivity contribution >= 4 is 6.09 Å². The normalized spacial score (nSPS) is 22.6. The van der Waals surface area contributed by atoms with Crippen LogP contribution in [0.3, 0.4) is 0 Å². The molecule has 1 amide bonds. The molecule has 0 aromatic carbocycles. The van der Waals surface area contributed by atoms with Gasteiger partial charge in [0.1, 0.15) is 5.60 Å². The number of amides is 1. The smallest absolute Gasteiger partial charge is 0.410 e. The minimum atomic E-state index is -0.507. The van der Waals surface area contributed by atoms with E-state index in [-0.39, 0.29) is 12.0 Å². The number of likely N-dealkylation sites (tertiary alicyclic amines) is 1. The van der Waals surface area contributed by atoms with E-state index in [4.69, 9.17) is 9.47 Å². The molecule has 0 aromatic heterocycles. The molecule has 0 saturated carbocycles. The van der Waals surface area contributed by atoms with Crippen LogP contribution >= 0.6 is 0 Å². The Labute approximate surface area is 103 Å². The molecule has 1 rings (SSSR count). The molecule has 0 aromatic rings. The second kappa shape index (κ2) is 5.69. The van der Waals surface area contributed by atoms with E-state index in [1.807, 2.05) is 20.8 Å². The van der Waals surface area contributed by atoms with E-state index in [2.05, 4.69) is 0 Å². The number of hydrogen-bond acceptors (Lipinski definition) is 4. The molecule has 2 atom stereocenters. The molecule has 1 unspecified atom stereocenters. The zero-order valence-corrected chi connectivity index (χ0v) is 11.1. The quantitative estimate of drug-likeness (QED) is 0.813. The van der Waals surface area contributed by atoms with Gasteiger partial charge in [-0.3, -0.25) is 0 Å². The summed E-state index contributed by atoms with van der Waals surface area (Å²) in [5.74, 6) is 0.0856. The highest BCUT2D eigenvalue weighted by Crippen LogP contribution is 2.22. The van der Waals surface area contributed by atoms with Crippen LogP contribution < -0.4 is 0 Å². The van der Waals surface area contributed by atoms with Gasteiger partial charge in [0.25, 0.3) is 0 Å². The summed E-state index contributed by atoms with van der Waals surface area (Å²) in [5.41, 5.74) is -0.472. The van der Waals surface area contributed by atoms with E-state index >= 15 is 0 Å². The van der Waals surface area contributed by atoms with Gasteiger partial charge in [0, 0.05) is 26.1 Å². The zero-order valence-electron chi connectivity index (χ0n) is 11.1. The van der Waals surface area contributed by atoms with Gasteiger partial charge in [0.2, 0.25) is 0 Å². The second-order valence-electron chi connectivity index (χ2n) is 5.50. The van der Waals surface area contributed by atoms with E-state index in [1.54, 1.807) is 12.0 Å². The molecule has 1 N–H and O–H groups in total. The van der Waals surface area contributed by atoms with Crippen molar-refractivity contribution in [1.82, 2.24) is 4.90 Å². The summed E-state index contributed by atoms with van der Waals surface area (Å²) in [4.78, 5) is 13.4. The lowest BCUT2D eigenvalue weighted by molar-refractivity contribution is 0.0170. The minimum Gasteiger partial charge on any atom is -0.444 e. The number of aliphatic hydroxyl groups excluding tert-OH is 1. The summed E-state index contributed by atoms with van der Waals surface area (Å²) in [7, 11) is 1.56. The van der Waals surface area contributed by atoms with Crippen LogP contribution in [0.2, 0.25) is 0 Å². The van der Waals surface area contributed by atoms with E-state index in [0.717, 1.165) is 6.42 Å². The van der Waals surface area contributed by atoms with Gasteiger partial charge >= 0.3 is 6.09 Å². The highest BCUT2D eigenvalue weighted by atomic mass is 16.6. The Bertz CT molecular complexity index is 262. The second-order valence-corrected chi connectivity index (χ2v) is 5.50. The van der Waals surface area contributed by atoms with Gasteiger partial charge in [0.05, 0.1) is 12.7 Å². The predicted molar refractivity (Wildman–Crippen MR) is 63.8 cm³/mol. The standard InChI is InChI=1S/C12H23NO4/c1-12(2,3)17-11(15)13-6-5-9(7-13)10(14)8-16-4/h9-10,14H,5-8H2,1-4H3/t9?,10-/m1/s1. The van der Waals surface area contributed by atoms with Crippen molar-refractivity contribution in [2.24, 2.45) is 5.92 Å². The van der Waals surface area contributed by atoms with Crippen LogP contribution in [0.4, 0.5) is 4.79 Å². The molecule has 0 aliphatic carbocycles. The Balaban J connectivity index is 2.42. The maximum Gasteiger partial charge on any atom is 0.410 e. The first kappa shape index (κ1) is 14.3. The molecule has 0 radical (unpaired) electrons. The van der Waals surface area contributed by atoms with Gasteiger partial charge in [-0.05, 0) is 27.2 Å². The van der Waals surface area contributed by atoms with Crippen LogP contribution in [0.25, 0.3) is 0 Å². The van der Waals surface area contributed by atoms with Crippen LogP contribution in [-0.2, 0) is 9.47 Å². The highest BCUT2D eigenvalue weighted by molar-refractivity contribution is 5.68. The third kappa shape index (κ3) is 4.52. The van der Waals surface area contributed by atoms with Gasteiger partial charge in [-0.25, -0.2) is 4.79 Å². The maximum atomic E-state index is 11.8. The third-order valence-electron chi connectivity index (χ3n) is 2.76. The summed E-state index contributed by atoms with van der Waals surface area (Å²) in [6.45, 7) is 7.03.